The van der Waals surface area contributed by atoms with Crippen molar-refractivity contribution in [3.05, 3.63) is 82.9 Å². The van der Waals surface area contributed by atoms with Crippen LogP contribution in [0.4, 0.5) is 0 Å². The van der Waals surface area contributed by atoms with E-state index < -0.39 is 21.6 Å². The Morgan fingerprint density at radius 3 is 2.28 bits per heavy atom. The minimum absolute atomic E-state index is 0.00466. The zero-order valence-electron chi connectivity index (χ0n) is 15.8. The second-order valence-corrected chi connectivity index (χ2v) is 9.19. The number of benzene rings is 3. The predicted molar refractivity (Wildman–Crippen MR) is 108 cm³/mol. The largest absolute Gasteiger partial charge is 0.478 e. The van der Waals surface area contributed by atoms with Crippen LogP contribution < -0.4 is 0 Å². The van der Waals surface area contributed by atoms with Crippen molar-refractivity contribution in [3.8, 4) is 11.1 Å². The number of fused-ring (bicyclic) bond motifs is 2. The third-order valence-corrected chi connectivity index (χ3v) is 7.01. The molecule has 0 aliphatic carbocycles. The maximum atomic E-state index is 13.2. The molecule has 0 bridgehead atoms. The quantitative estimate of drug-likeness (QED) is 0.539. The molecule has 6 heteroatoms. The van der Waals surface area contributed by atoms with Gasteiger partial charge in [-0.2, -0.15) is 0 Å². The van der Waals surface area contributed by atoms with Gasteiger partial charge in [-0.25, -0.2) is 13.2 Å². The van der Waals surface area contributed by atoms with E-state index in [4.69, 9.17) is 0 Å². The van der Waals surface area contributed by atoms with Crippen LogP contribution in [-0.4, -0.2) is 25.3 Å². The predicted octanol–water partition coefficient (Wildman–Crippen LogP) is 4.55. The van der Waals surface area contributed by atoms with Gasteiger partial charge in [-0.05, 0) is 46.9 Å². The molecule has 1 aliphatic rings. The third-order valence-electron chi connectivity index (χ3n) is 5.18. The van der Waals surface area contributed by atoms with Crippen molar-refractivity contribution >= 4 is 21.6 Å². The Labute approximate surface area is 168 Å². The Morgan fingerprint density at radius 2 is 1.59 bits per heavy atom. The fraction of sp³-hybridized carbons (Fsp3) is 0.130. The van der Waals surface area contributed by atoms with Crippen LogP contribution in [0.15, 0.2) is 70.5 Å². The Bertz CT molecular complexity index is 1290. The number of carbonyl (C=O) groups is 2. The van der Waals surface area contributed by atoms with Crippen molar-refractivity contribution < 1.29 is 23.1 Å². The minimum atomic E-state index is -4.03. The highest BCUT2D eigenvalue weighted by molar-refractivity contribution is 7.91. The van der Waals surface area contributed by atoms with Crippen LogP contribution in [0, 0.1) is 0 Å². The highest BCUT2D eigenvalue weighted by atomic mass is 32.2. The van der Waals surface area contributed by atoms with Gasteiger partial charge in [0.1, 0.15) is 0 Å². The van der Waals surface area contributed by atoms with Crippen LogP contribution in [0.1, 0.15) is 51.6 Å². The normalized spacial score (nSPS) is 14.4. The highest BCUT2D eigenvalue weighted by Gasteiger charge is 2.37. The summed E-state index contributed by atoms with van der Waals surface area (Å²) in [7, 11) is -4.03. The van der Waals surface area contributed by atoms with Gasteiger partial charge in [-0.3, -0.25) is 4.79 Å². The summed E-state index contributed by atoms with van der Waals surface area (Å²) >= 11 is 0. The summed E-state index contributed by atoms with van der Waals surface area (Å²) in [5, 5.41) is 9.39. The van der Waals surface area contributed by atoms with Crippen LogP contribution in [0.2, 0.25) is 0 Å². The van der Waals surface area contributed by atoms with Crippen LogP contribution in [0.3, 0.4) is 0 Å². The monoisotopic (exact) mass is 406 g/mol. The van der Waals surface area contributed by atoms with Gasteiger partial charge in [0.2, 0.25) is 9.84 Å². The second kappa shape index (κ2) is 6.67. The first-order chi connectivity index (χ1) is 13.7. The molecule has 3 aromatic carbocycles. The first kappa shape index (κ1) is 19.1. The van der Waals surface area contributed by atoms with Crippen LogP contribution in [0.25, 0.3) is 11.1 Å². The number of carboxylic acids is 1. The average molecular weight is 406 g/mol. The van der Waals surface area contributed by atoms with Crippen molar-refractivity contribution in [2.75, 3.05) is 0 Å². The van der Waals surface area contributed by atoms with Crippen LogP contribution in [-0.2, 0) is 9.84 Å². The van der Waals surface area contributed by atoms with Gasteiger partial charge >= 0.3 is 5.97 Å². The van der Waals surface area contributed by atoms with Crippen molar-refractivity contribution in [1.82, 2.24) is 0 Å². The molecule has 0 unspecified atom stereocenters. The van der Waals surface area contributed by atoms with E-state index in [1.54, 1.807) is 6.07 Å². The molecular formula is C23H18O5S. The summed E-state index contributed by atoms with van der Waals surface area (Å²) in [6, 6.07) is 16.3. The fourth-order valence-corrected chi connectivity index (χ4v) is 5.31. The van der Waals surface area contributed by atoms with E-state index in [2.05, 4.69) is 13.8 Å². The first-order valence-corrected chi connectivity index (χ1v) is 10.6. The Hall–Kier alpha value is -3.25. The SMILES string of the molecule is CC(C)c1cccc(-c2ccc3c(c2)S(=O)(=O)c2cccc(C(=O)O)c2C3=O)c1. The number of rotatable bonds is 3. The molecular weight excluding hydrogens is 388 g/mol. The molecule has 0 saturated carbocycles. The standard InChI is InChI=1S/C23H18O5S/c1-13(2)14-5-3-6-15(11-14)16-9-10-17-20(12-16)29(27,28)19-8-4-7-18(23(25)26)21(19)22(17)24/h3-13H,1-2H3,(H,25,26). The lowest BCUT2D eigenvalue weighted by molar-refractivity contribution is 0.0692. The van der Waals surface area contributed by atoms with Crippen molar-refractivity contribution in [2.24, 2.45) is 0 Å². The summed E-state index contributed by atoms with van der Waals surface area (Å²) in [4.78, 5) is 24.2. The summed E-state index contributed by atoms with van der Waals surface area (Å²) in [5.74, 6) is -1.61. The van der Waals surface area contributed by atoms with Gasteiger partial charge in [0.25, 0.3) is 0 Å². The number of ketones is 1. The molecule has 4 rings (SSSR count). The molecule has 0 fully saturated rings. The molecule has 146 valence electrons. The number of carbonyl (C=O) groups excluding carboxylic acids is 1. The summed E-state index contributed by atoms with van der Waals surface area (Å²) in [6.45, 7) is 4.15. The highest BCUT2D eigenvalue weighted by Crippen LogP contribution is 2.38. The van der Waals surface area contributed by atoms with E-state index >= 15 is 0 Å². The first-order valence-electron chi connectivity index (χ1n) is 9.12. The molecule has 0 saturated heterocycles. The summed E-state index contributed by atoms with van der Waals surface area (Å²) in [6.07, 6.45) is 0. The zero-order valence-corrected chi connectivity index (χ0v) is 16.7. The van der Waals surface area contributed by atoms with E-state index in [0.717, 1.165) is 11.1 Å². The van der Waals surface area contributed by atoms with Crippen LogP contribution >= 0.6 is 0 Å². The van der Waals surface area contributed by atoms with Gasteiger partial charge in [-0.15, -0.1) is 0 Å². The Balaban J connectivity index is 1.94. The van der Waals surface area contributed by atoms with E-state index in [1.807, 2.05) is 24.3 Å². The maximum Gasteiger partial charge on any atom is 0.336 e. The number of carboxylic acid groups (broad SMARTS) is 1. The van der Waals surface area contributed by atoms with Gasteiger partial charge in [0.15, 0.2) is 5.78 Å². The number of aromatic carboxylic acids is 1. The van der Waals surface area contributed by atoms with Gasteiger partial charge in [0.05, 0.1) is 20.9 Å². The van der Waals surface area contributed by atoms with Crippen molar-refractivity contribution in [2.45, 2.75) is 29.6 Å². The lowest BCUT2D eigenvalue weighted by Crippen LogP contribution is -2.23. The van der Waals surface area contributed by atoms with Gasteiger partial charge in [0, 0.05) is 5.56 Å². The molecule has 0 aromatic heterocycles. The minimum Gasteiger partial charge on any atom is -0.478 e. The fourth-order valence-electron chi connectivity index (χ4n) is 3.61. The molecule has 0 amide bonds. The molecule has 3 aromatic rings. The molecule has 1 aliphatic heterocycles. The smallest absolute Gasteiger partial charge is 0.336 e. The van der Waals surface area contributed by atoms with E-state index in [9.17, 15) is 23.1 Å². The van der Waals surface area contributed by atoms with Crippen molar-refractivity contribution in [1.29, 1.82) is 0 Å². The molecule has 1 N–H and O–H groups in total. The summed E-state index contributed by atoms with van der Waals surface area (Å²) in [5.41, 5.74) is 2.07. The lowest BCUT2D eigenvalue weighted by atomic mass is 9.94. The number of hydrogen-bond donors (Lipinski definition) is 1. The number of sulfone groups is 1. The molecule has 0 spiro atoms. The Morgan fingerprint density at radius 1 is 0.897 bits per heavy atom. The molecule has 29 heavy (non-hydrogen) atoms. The van der Waals surface area contributed by atoms with E-state index in [-0.39, 0.29) is 26.5 Å². The van der Waals surface area contributed by atoms with Gasteiger partial charge < -0.3 is 5.11 Å². The number of hydrogen-bond acceptors (Lipinski definition) is 4. The lowest BCUT2D eigenvalue weighted by Gasteiger charge is -2.21. The zero-order chi connectivity index (χ0) is 20.9. The topological polar surface area (TPSA) is 88.5 Å². The molecule has 0 atom stereocenters. The molecule has 0 radical (unpaired) electrons. The average Bonchev–Trinajstić information content (AvgIpc) is 2.71. The van der Waals surface area contributed by atoms with E-state index in [0.29, 0.717) is 11.5 Å². The van der Waals surface area contributed by atoms with Gasteiger partial charge in [-0.1, -0.05) is 50.2 Å². The molecule has 5 nitrogen and oxygen atoms in total. The second-order valence-electron chi connectivity index (χ2n) is 7.31. The third kappa shape index (κ3) is 2.96. The van der Waals surface area contributed by atoms with Crippen LogP contribution in [0.5, 0.6) is 0 Å². The van der Waals surface area contributed by atoms with Crippen molar-refractivity contribution in [3.63, 3.8) is 0 Å². The summed E-state index contributed by atoms with van der Waals surface area (Å²) < 4.78 is 26.5. The van der Waals surface area contributed by atoms with E-state index in [1.165, 1.54) is 30.3 Å². The maximum absolute atomic E-state index is 13.2. The molecule has 1 heterocycles. The Kier molecular flexibility index (Phi) is 4.39.